The largest absolute Gasteiger partial charge is 0.469 e. The summed E-state index contributed by atoms with van der Waals surface area (Å²) in [5.41, 5.74) is 0.717. The molecule has 2 rings (SSSR count). The van der Waals surface area contributed by atoms with Gasteiger partial charge in [-0.1, -0.05) is 12.1 Å². The minimum atomic E-state index is -0.391. The van der Waals surface area contributed by atoms with Gasteiger partial charge in [0.25, 0.3) is 0 Å². The zero-order valence-corrected chi connectivity index (χ0v) is 10.6. The molecule has 0 aliphatic rings. The average Bonchev–Trinajstić information content (AvgIpc) is 2.45. The number of pyridine rings is 1. The molecule has 5 nitrogen and oxygen atoms in total. The van der Waals surface area contributed by atoms with Crippen LogP contribution in [-0.4, -0.2) is 24.0 Å². The molecule has 0 spiro atoms. The number of carbonyl (C=O) groups excluding carboxylic acids is 2. The van der Waals surface area contributed by atoms with Crippen LogP contribution in [0.3, 0.4) is 0 Å². The van der Waals surface area contributed by atoms with E-state index in [2.05, 4.69) is 15.0 Å². The molecule has 0 saturated carbocycles. The number of hydrogen-bond donors (Lipinski definition) is 1. The van der Waals surface area contributed by atoms with Gasteiger partial charge in [-0.15, -0.1) is 0 Å². The Morgan fingerprint density at radius 2 is 2.11 bits per heavy atom. The highest BCUT2D eigenvalue weighted by atomic mass is 16.5. The molecule has 0 bridgehead atoms. The Bertz CT molecular complexity index is 605. The summed E-state index contributed by atoms with van der Waals surface area (Å²) < 4.78 is 4.49. The molecule has 2 aromatic rings. The van der Waals surface area contributed by atoms with Crippen molar-refractivity contribution in [1.29, 1.82) is 0 Å². The van der Waals surface area contributed by atoms with Crippen LogP contribution in [0.4, 0.5) is 5.69 Å². The van der Waals surface area contributed by atoms with Crippen LogP contribution < -0.4 is 5.32 Å². The topological polar surface area (TPSA) is 68.3 Å². The Labute approximate surface area is 110 Å². The number of anilines is 1. The quantitative estimate of drug-likeness (QED) is 0.853. The van der Waals surface area contributed by atoms with Crippen LogP contribution in [0.25, 0.3) is 10.8 Å². The summed E-state index contributed by atoms with van der Waals surface area (Å²) in [6.07, 6.45) is 3.59. The van der Waals surface area contributed by atoms with Crippen LogP contribution in [-0.2, 0) is 14.3 Å². The molecular weight excluding hydrogens is 244 g/mol. The number of aromatic nitrogens is 1. The number of methoxy groups -OCH3 is 1. The van der Waals surface area contributed by atoms with Gasteiger partial charge in [-0.05, 0) is 12.1 Å². The maximum atomic E-state index is 11.7. The third-order valence-corrected chi connectivity index (χ3v) is 2.74. The van der Waals surface area contributed by atoms with E-state index in [0.717, 1.165) is 16.5 Å². The number of ether oxygens (including phenoxy) is 1. The number of nitrogens with zero attached hydrogens (tertiary/aromatic N) is 1. The fourth-order valence-electron chi connectivity index (χ4n) is 1.76. The molecule has 0 fully saturated rings. The Balaban J connectivity index is 2.09. The van der Waals surface area contributed by atoms with Gasteiger partial charge in [0.05, 0.1) is 13.5 Å². The predicted octanol–water partition coefficient (Wildman–Crippen LogP) is 2.13. The molecule has 1 amide bonds. The number of esters is 1. The van der Waals surface area contributed by atoms with Gasteiger partial charge >= 0.3 is 5.97 Å². The van der Waals surface area contributed by atoms with Crippen molar-refractivity contribution in [3.63, 3.8) is 0 Å². The summed E-state index contributed by atoms with van der Waals surface area (Å²) in [5, 5.41) is 4.66. The van der Waals surface area contributed by atoms with Crippen molar-refractivity contribution in [2.75, 3.05) is 12.4 Å². The van der Waals surface area contributed by atoms with E-state index in [-0.39, 0.29) is 18.7 Å². The Morgan fingerprint density at radius 1 is 1.26 bits per heavy atom. The molecule has 0 aliphatic heterocycles. The fraction of sp³-hybridized carbons (Fsp3) is 0.214. The van der Waals surface area contributed by atoms with E-state index < -0.39 is 5.97 Å². The summed E-state index contributed by atoms with van der Waals surface area (Å²) in [6.45, 7) is 0. The van der Waals surface area contributed by atoms with Crippen molar-refractivity contribution in [3.8, 4) is 0 Å². The molecule has 5 heteroatoms. The SMILES string of the molecule is COC(=O)CCC(=O)Nc1cccc2cnccc12. The van der Waals surface area contributed by atoms with Gasteiger partial charge in [-0.3, -0.25) is 14.6 Å². The summed E-state index contributed by atoms with van der Waals surface area (Å²) in [6, 6.07) is 7.43. The van der Waals surface area contributed by atoms with E-state index in [9.17, 15) is 9.59 Å². The molecule has 1 heterocycles. The molecule has 1 N–H and O–H groups in total. The number of nitrogens with one attached hydrogen (secondary N) is 1. The first-order valence-electron chi connectivity index (χ1n) is 5.90. The molecule has 0 unspecified atom stereocenters. The molecule has 1 aromatic carbocycles. The molecule has 98 valence electrons. The molecule has 0 saturated heterocycles. The van der Waals surface area contributed by atoms with Crippen molar-refractivity contribution < 1.29 is 14.3 Å². The lowest BCUT2D eigenvalue weighted by Gasteiger charge is -2.08. The summed E-state index contributed by atoms with van der Waals surface area (Å²) in [7, 11) is 1.30. The Morgan fingerprint density at radius 3 is 2.89 bits per heavy atom. The minimum absolute atomic E-state index is 0.0780. The number of rotatable bonds is 4. The second-order valence-electron chi connectivity index (χ2n) is 4.03. The van der Waals surface area contributed by atoms with E-state index >= 15 is 0 Å². The number of hydrogen-bond acceptors (Lipinski definition) is 4. The lowest BCUT2D eigenvalue weighted by Crippen LogP contribution is -2.14. The van der Waals surface area contributed by atoms with Crippen LogP contribution >= 0.6 is 0 Å². The zero-order valence-electron chi connectivity index (χ0n) is 10.6. The second-order valence-corrected chi connectivity index (χ2v) is 4.03. The predicted molar refractivity (Wildman–Crippen MR) is 71.6 cm³/mol. The van der Waals surface area contributed by atoms with Crippen LogP contribution in [0.5, 0.6) is 0 Å². The highest BCUT2D eigenvalue weighted by Gasteiger charge is 2.08. The van der Waals surface area contributed by atoms with Crippen molar-refractivity contribution in [2.45, 2.75) is 12.8 Å². The third-order valence-electron chi connectivity index (χ3n) is 2.74. The van der Waals surface area contributed by atoms with Gasteiger partial charge in [-0.25, -0.2) is 0 Å². The molecule has 1 aromatic heterocycles. The summed E-state index contributed by atoms with van der Waals surface area (Å²) in [4.78, 5) is 26.7. The molecule has 0 aliphatic carbocycles. The standard InChI is InChI=1S/C14H14N2O3/c1-19-14(18)6-5-13(17)16-12-4-2-3-10-9-15-8-7-11(10)12/h2-4,7-9H,5-6H2,1H3,(H,16,17). The summed E-state index contributed by atoms with van der Waals surface area (Å²) >= 11 is 0. The van der Waals surface area contributed by atoms with Gasteiger partial charge < -0.3 is 10.1 Å². The number of fused-ring (bicyclic) bond motifs is 1. The van der Waals surface area contributed by atoms with Crippen LogP contribution in [0.1, 0.15) is 12.8 Å². The smallest absolute Gasteiger partial charge is 0.306 e. The number of amides is 1. The van der Waals surface area contributed by atoms with E-state index in [1.807, 2.05) is 24.3 Å². The van der Waals surface area contributed by atoms with E-state index in [0.29, 0.717) is 0 Å². The Hall–Kier alpha value is -2.43. The molecular formula is C14H14N2O3. The van der Waals surface area contributed by atoms with Gasteiger partial charge in [0.15, 0.2) is 0 Å². The van der Waals surface area contributed by atoms with Crippen molar-refractivity contribution >= 4 is 28.3 Å². The zero-order chi connectivity index (χ0) is 13.7. The Kier molecular flexibility index (Phi) is 4.07. The highest BCUT2D eigenvalue weighted by molar-refractivity contribution is 6.02. The minimum Gasteiger partial charge on any atom is -0.469 e. The summed E-state index contributed by atoms with van der Waals surface area (Å²) in [5.74, 6) is -0.605. The average molecular weight is 258 g/mol. The van der Waals surface area contributed by atoms with Gasteiger partial charge in [-0.2, -0.15) is 0 Å². The first kappa shape index (κ1) is 13.0. The molecule has 19 heavy (non-hydrogen) atoms. The number of carbonyl (C=O) groups is 2. The second kappa shape index (κ2) is 5.95. The first-order valence-corrected chi connectivity index (χ1v) is 5.90. The van der Waals surface area contributed by atoms with Gasteiger partial charge in [0, 0.05) is 35.3 Å². The lowest BCUT2D eigenvalue weighted by atomic mass is 10.1. The fourth-order valence-corrected chi connectivity index (χ4v) is 1.76. The monoisotopic (exact) mass is 258 g/mol. The van der Waals surface area contributed by atoms with Gasteiger partial charge in [0.2, 0.25) is 5.91 Å². The molecule has 0 atom stereocenters. The third kappa shape index (κ3) is 3.28. The van der Waals surface area contributed by atoms with Crippen molar-refractivity contribution in [3.05, 3.63) is 36.7 Å². The molecule has 0 radical (unpaired) electrons. The van der Waals surface area contributed by atoms with E-state index in [1.165, 1.54) is 7.11 Å². The lowest BCUT2D eigenvalue weighted by molar-refractivity contribution is -0.141. The van der Waals surface area contributed by atoms with Crippen LogP contribution in [0.15, 0.2) is 36.7 Å². The number of benzene rings is 1. The highest BCUT2D eigenvalue weighted by Crippen LogP contribution is 2.22. The van der Waals surface area contributed by atoms with Crippen molar-refractivity contribution in [2.24, 2.45) is 0 Å². The maximum absolute atomic E-state index is 11.7. The van der Waals surface area contributed by atoms with E-state index in [4.69, 9.17) is 0 Å². The van der Waals surface area contributed by atoms with E-state index in [1.54, 1.807) is 12.4 Å². The van der Waals surface area contributed by atoms with Crippen LogP contribution in [0, 0.1) is 0 Å². The van der Waals surface area contributed by atoms with Crippen LogP contribution in [0.2, 0.25) is 0 Å². The normalized spacial score (nSPS) is 10.2. The first-order chi connectivity index (χ1) is 9.20. The van der Waals surface area contributed by atoms with Crippen molar-refractivity contribution in [1.82, 2.24) is 4.98 Å². The maximum Gasteiger partial charge on any atom is 0.306 e. The van der Waals surface area contributed by atoms with Gasteiger partial charge in [0.1, 0.15) is 0 Å².